The molecule has 0 bridgehead atoms. The normalized spacial score (nSPS) is 11.7. The van der Waals surface area contributed by atoms with Crippen molar-refractivity contribution in [2.24, 2.45) is 0 Å². The number of anilines is 1. The first-order valence-electron chi connectivity index (χ1n) is 5.30. The van der Waals surface area contributed by atoms with Gasteiger partial charge in [0, 0.05) is 13.0 Å². The summed E-state index contributed by atoms with van der Waals surface area (Å²) in [5.74, 6) is -1.82. The summed E-state index contributed by atoms with van der Waals surface area (Å²) in [6.07, 6.45) is -0.125. The first-order valence-corrected chi connectivity index (χ1v) is 5.68. The lowest BCUT2D eigenvalue weighted by molar-refractivity contribution is -0.139. The zero-order valence-electron chi connectivity index (χ0n) is 9.69. The number of hydrogen-bond acceptors (Lipinski definition) is 3. The first-order chi connectivity index (χ1) is 8.93. The van der Waals surface area contributed by atoms with Gasteiger partial charge in [0.05, 0.1) is 10.7 Å². The number of nitrogens with one attached hydrogen (secondary N) is 2. The maximum atomic E-state index is 12.8. The van der Waals surface area contributed by atoms with Crippen LogP contribution in [0.2, 0.25) is 5.02 Å². The highest BCUT2D eigenvalue weighted by Crippen LogP contribution is 2.22. The molecule has 19 heavy (non-hydrogen) atoms. The SMILES string of the molecule is O=C(Nc1ccc(F)cc1Cl)N[C@@H](CCO)C(=O)O. The summed E-state index contributed by atoms with van der Waals surface area (Å²) in [5.41, 5.74) is 0.147. The Labute approximate surface area is 113 Å². The predicted molar refractivity (Wildman–Crippen MR) is 66.7 cm³/mol. The number of benzene rings is 1. The number of hydrogen-bond donors (Lipinski definition) is 4. The van der Waals surface area contributed by atoms with E-state index >= 15 is 0 Å². The van der Waals surface area contributed by atoms with Crippen LogP contribution >= 0.6 is 11.6 Å². The van der Waals surface area contributed by atoms with Crippen molar-refractivity contribution in [2.45, 2.75) is 12.5 Å². The molecule has 6 nitrogen and oxygen atoms in total. The fourth-order valence-electron chi connectivity index (χ4n) is 1.29. The quantitative estimate of drug-likeness (QED) is 0.659. The Bertz CT molecular complexity index is 484. The second-order valence-corrected chi connectivity index (χ2v) is 4.03. The molecule has 1 atom stereocenters. The Morgan fingerprint density at radius 3 is 2.63 bits per heavy atom. The molecule has 0 aliphatic rings. The molecular weight excluding hydrogens is 279 g/mol. The van der Waals surface area contributed by atoms with Crippen molar-refractivity contribution in [3.8, 4) is 0 Å². The molecule has 1 aromatic rings. The smallest absolute Gasteiger partial charge is 0.326 e. The third kappa shape index (κ3) is 4.72. The predicted octanol–water partition coefficient (Wildman–Crippen LogP) is 1.44. The first kappa shape index (κ1) is 15.2. The van der Waals surface area contributed by atoms with Gasteiger partial charge in [0.25, 0.3) is 0 Å². The molecule has 0 heterocycles. The van der Waals surface area contributed by atoms with E-state index in [9.17, 15) is 14.0 Å². The minimum Gasteiger partial charge on any atom is -0.480 e. The van der Waals surface area contributed by atoms with E-state index in [1.54, 1.807) is 0 Å². The van der Waals surface area contributed by atoms with Gasteiger partial charge in [-0.1, -0.05) is 11.6 Å². The average Bonchev–Trinajstić information content (AvgIpc) is 2.32. The van der Waals surface area contributed by atoms with Gasteiger partial charge in [-0.15, -0.1) is 0 Å². The molecule has 0 radical (unpaired) electrons. The third-order valence-electron chi connectivity index (χ3n) is 2.20. The Morgan fingerprint density at radius 1 is 1.42 bits per heavy atom. The summed E-state index contributed by atoms with van der Waals surface area (Å²) in [6.45, 7) is -0.380. The van der Waals surface area contributed by atoms with Gasteiger partial charge < -0.3 is 20.8 Å². The topological polar surface area (TPSA) is 98.7 Å². The number of urea groups is 1. The van der Waals surface area contributed by atoms with E-state index in [1.807, 2.05) is 0 Å². The molecular formula is C11H12ClFN2O4. The van der Waals surface area contributed by atoms with Crippen LogP contribution in [0, 0.1) is 5.82 Å². The molecule has 0 saturated carbocycles. The Hall–Kier alpha value is -1.86. The Kier molecular flexibility index (Phi) is 5.53. The van der Waals surface area contributed by atoms with Crippen molar-refractivity contribution in [2.75, 3.05) is 11.9 Å². The number of amides is 2. The van der Waals surface area contributed by atoms with Crippen LogP contribution < -0.4 is 10.6 Å². The molecule has 0 spiro atoms. The van der Waals surface area contributed by atoms with Crippen molar-refractivity contribution in [1.29, 1.82) is 0 Å². The van der Waals surface area contributed by atoms with Gasteiger partial charge in [0.1, 0.15) is 11.9 Å². The summed E-state index contributed by atoms with van der Waals surface area (Å²) >= 11 is 5.70. The highest BCUT2D eigenvalue weighted by Gasteiger charge is 2.19. The summed E-state index contributed by atoms with van der Waals surface area (Å²) in [7, 11) is 0. The van der Waals surface area contributed by atoms with Gasteiger partial charge >= 0.3 is 12.0 Å². The lowest BCUT2D eigenvalue weighted by atomic mass is 10.2. The molecule has 8 heteroatoms. The minimum atomic E-state index is -1.27. The molecule has 0 aliphatic carbocycles. The molecule has 0 saturated heterocycles. The molecule has 1 aromatic carbocycles. The van der Waals surface area contributed by atoms with Crippen molar-refractivity contribution in [3.05, 3.63) is 29.0 Å². The Morgan fingerprint density at radius 2 is 2.11 bits per heavy atom. The van der Waals surface area contributed by atoms with E-state index in [4.69, 9.17) is 21.8 Å². The number of halogens is 2. The van der Waals surface area contributed by atoms with E-state index in [1.165, 1.54) is 6.07 Å². The number of carbonyl (C=O) groups excluding carboxylic acids is 1. The van der Waals surface area contributed by atoms with Crippen LogP contribution in [0.25, 0.3) is 0 Å². The van der Waals surface area contributed by atoms with E-state index < -0.39 is 23.9 Å². The van der Waals surface area contributed by atoms with Crippen LogP contribution in [0.5, 0.6) is 0 Å². The second kappa shape index (κ2) is 6.91. The molecule has 2 amide bonds. The van der Waals surface area contributed by atoms with Gasteiger partial charge in [0.15, 0.2) is 0 Å². The highest BCUT2D eigenvalue weighted by molar-refractivity contribution is 6.33. The Balaban J connectivity index is 2.66. The zero-order valence-corrected chi connectivity index (χ0v) is 10.4. The number of rotatable bonds is 5. The maximum absolute atomic E-state index is 12.8. The van der Waals surface area contributed by atoms with Crippen LogP contribution in [0.3, 0.4) is 0 Å². The second-order valence-electron chi connectivity index (χ2n) is 3.63. The van der Waals surface area contributed by atoms with Crippen LogP contribution in [0.15, 0.2) is 18.2 Å². The van der Waals surface area contributed by atoms with Crippen LogP contribution in [-0.2, 0) is 4.79 Å². The van der Waals surface area contributed by atoms with Crippen molar-refractivity contribution >= 4 is 29.3 Å². The van der Waals surface area contributed by atoms with Crippen molar-refractivity contribution < 1.29 is 24.2 Å². The summed E-state index contributed by atoms with van der Waals surface area (Å²) in [5, 5.41) is 21.9. The molecule has 1 rings (SSSR count). The van der Waals surface area contributed by atoms with Gasteiger partial charge in [-0.05, 0) is 18.2 Å². The molecule has 0 unspecified atom stereocenters. The monoisotopic (exact) mass is 290 g/mol. The summed E-state index contributed by atoms with van der Waals surface area (Å²) in [6, 6.07) is 1.33. The third-order valence-corrected chi connectivity index (χ3v) is 2.51. The molecule has 0 aliphatic heterocycles. The standard InChI is InChI=1S/C11H12ClFN2O4/c12-7-5-6(13)1-2-8(7)14-11(19)15-9(3-4-16)10(17)18/h1-2,5,9,16H,3-4H2,(H,17,18)(H2,14,15,19)/t9-/m0/s1. The number of aliphatic carboxylic acids is 1. The van der Waals surface area contributed by atoms with Crippen LogP contribution in [0.4, 0.5) is 14.9 Å². The maximum Gasteiger partial charge on any atom is 0.326 e. The van der Waals surface area contributed by atoms with Gasteiger partial charge in [-0.25, -0.2) is 14.0 Å². The molecule has 4 N–H and O–H groups in total. The fraction of sp³-hybridized carbons (Fsp3) is 0.273. The van der Waals surface area contributed by atoms with Crippen LogP contribution in [-0.4, -0.2) is 34.9 Å². The average molecular weight is 291 g/mol. The van der Waals surface area contributed by atoms with E-state index in [0.29, 0.717) is 0 Å². The zero-order chi connectivity index (χ0) is 14.4. The lowest BCUT2D eigenvalue weighted by Crippen LogP contribution is -2.43. The van der Waals surface area contributed by atoms with Crippen LogP contribution in [0.1, 0.15) is 6.42 Å². The number of carboxylic acids is 1. The number of carbonyl (C=O) groups is 2. The number of carboxylic acid groups (broad SMARTS) is 1. The van der Waals surface area contributed by atoms with E-state index in [0.717, 1.165) is 12.1 Å². The van der Waals surface area contributed by atoms with E-state index in [-0.39, 0.29) is 23.7 Å². The molecule has 0 fully saturated rings. The highest BCUT2D eigenvalue weighted by atomic mass is 35.5. The largest absolute Gasteiger partial charge is 0.480 e. The fourth-order valence-corrected chi connectivity index (χ4v) is 1.51. The number of aliphatic hydroxyl groups excluding tert-OH is 1. The lowest BCUT2D eigenvalue weighted by Gasteiger charge is -2.14. The summed E-state index contributed by atoms with van der Waals surface area (Å²) in [4.78, 5) is 22.3. The summed E-state index contributed by atoms with van der Waals surface area (Å²) < 4.78 is 12.8. The van der Waals surface area contributed by atoms with Gasteiger partial charge in [-0.3, -0.25) is 0 Å². The van der Waals surface area contributed by atoms with Gasteiger partial charge in [-0.2, -0.15) is 0 Å². The molecule has 0 aromatic heterocycles. The van der Waals surface area contributed by atoms with E-state index in [2.05, 4.69) is 10.6 Å². The minimum absolute atomic E-state index is 0.0100. The number of aliphatic hydroxyl groups is 1. The van der Waals surface area contributed by atoms with Crippen molar-refractivity contribution in [3.63, 3.8) is 0 Å². The van der Waals surface area contributed by atoms with Gasteiger partial charge in [0.2, 0.25) is 0 Å². The van der Waals surface area contributed by atoms with Crippen molar-refractivity contribution in [1.82, 2.24) is 5.32 Å². The molecule has 104 valence electrons.